The van der Waals surface area contributed by atoms with Crippen molar-refractivity contribution in [2.75, 3.05) is 25.9 Å². The lowest BCUT2D eigenvalue weighted by Crippen LogP contribution is -2.50. The van der Waals surface area contributed by atoms with Crippen molar-refractivity contribution in [1.82, 2.24) is 19.0 Å². The van der Waals surface area contributed by atoms with E-state index in [9.17, 15) is 13.2 Å². The maximum Gasteiger partial charge on any atom is 0.241 e. The number of hydrogen-bond acceptors (Lipinski definition) is 4. The van der Waals surface area contributed by atoms with Gasteiger partial charge in [-0.3, -0.25) is 9.48 Å². The maximum absolute atomic E-state index is 12.8. The van der Waals surface area contributed by atoms with Crippen LogP contribution in [0.3, 0.4) is 0 Å². The van der Waals surface area contributed by atoms with Crippen molar-refractivity contribution in [1.29, 1.82) is 0 Å². The summed E-state index contributed by atoms with van der Waals surface area (Å²) in [5.74, 6) is -0.0558. The Bertz CT molecular complexity index is 629. The van der Waals surface area contributed by atoms with Crippen LogP contribution in [0, 0.1) is 0 Å². The van der Waals surface area contributed by atoms with Crippen LogP contribution in [0.4, 0.5) is 0 Å². The van der Waals surface area contributed by atoms with E-state index in [-0.39, 0.29) is 11.9 Å². The minimum Gasteiger partial charge on any atom is -0.339 e. The van der Waals surface area contributed by atoms with Crippen LogP contribution < -0.4 is 0 Å². The van der Waals surface area contributed by atoms with Gasteiger partial charge in [0.05, 0.1) is 12.3 Å². The van der Waals surface area contributed by atoms with Crippen LogP contribution in [0.25, 0.3) is 0 Å². The molecule has 1 aromatic heterocycles. The summed E-state index contributed by atoms with van der Waals surface area (Å²) in [5, 5.41) is 4.26. The molecule has 1 amide bonds. The molecule has 0 saturated carbocycles. The summed E-state index contributed by atoms with van der Waals surface area (Å²) in [4.78, 5) is 14.6. The highest BCUT2D eigenvalue weighted by Crippen LogP contribution is 2.26. The van der Waals surface area contributed by atoms with E-state index in [0.717, 1.165) is 19.3 Å². The van der Waals surface area contributed by atoms with Crippen molar-refractivity contribution in [3.05, 3.63) is 18.5 Å². The minimum absolute atomic E-state index is 0.0558. The molecule has 0 unspecified atom stereocenters. The van der Waals surface area contributed by atoms with Crippen molar-refractivity contribution in [3.63, 3.8) is 0 Å². The van der Waals surface area contributed by atoms with E-state index < -0.39 is 16.1 Å². The highest BCUT2D eigenvalue weighted by molar-refractivity contribution is 7.88. The fourth-order valence-electron chi connectivity index (χ4n) is 3.46. The van der Waals surface area contributed by atoms with Crippen LogP contribution in [0.15, 0.2) is 18.5 Å². The first kappa shape index (κ1) is 15.5. The molecule has 8 heteroatoms. The number of nitrogens with zero attached hydrogens (tertiary/aromatic N) is 4. The van der Waals surface area contributed by atoms with Gasteiger partial charge in [0, 0.05) is 32.0 Å². The van der Waals surface area contributed by atoms with E-state index in [0.29, 0.717) is 26.1 Å². The van der Waals surface area contributed by atoms with Crippen molar-refractivity contribution >= 4 is 15.9 Å². The van der Waals surface area contributed by atoms with E-state index in [1.54, 1.807) is 6.20 Å². The Morgan fingerprint density at radius 1 is 1.23 bits per heavy atom. The summed E-state index contributed by atoms with van der Waals surface area (Å²) in [6.07, 6.45) is 8.12. The van der Waals surface area contributed by atoms with E-state index in [1.807, 2.05) is 21.8 Å². The van der Waals surface area contributed by atoms with Gasteiger partial charge in [-0.1, -0.05) is 0 Å². The molecular formula is C14H22N4O3S. The molecule has 0 aromatic carbocycles. The molecule has 0 spiro atoms. The van der Waals surface area contributed by atoms with Crippen molar-refractivity contribution < 1.29 is 13.2 Å². The van der Waals surface area contributed by atoms with Crippen LogP contribution >= 0.6 is 0 Å². The van der Waals surface area contributed by atoms with Crippen LogP contribution in [-0.4, -0.2) is 65.2 Å². The zero-order chi connectivity index (χ0) is 15.7. The number of carbonyl (C=O) groups is 1. The van der Waals surface area contributed by atoms with Gasteiger partial charge in [0.1, 0.15) is 6.04 Å². The third kappa shape index (κ3) is 3.03. The first-order valence-corrected chi connectivity index (χ1v) is 9.56. The predicted octanol–water partition coefficient (Wildman–Crippen LogP) is 0.471. The molecule has 2 fully saturated rings. The third-order valence-electron chi connectivity index (χ3n) is 4.52. The van der Waals surface area contributed by atoms with Gasteiger partial charge >= 0.3 is 0 Å². The predicted molar refractivity (Wildman–Crippen MR) is 81.6 cm³/mol. The average Bonchev–Trinajstić information content (AvgIpc) is 3.17. The number of piperidine rings is 1. The Morgan fingerprint density at radius 2 is 2.00 bits per heavy atom. The van der Waals surface area contributed by atoms with E-state index >= 15 is 0 Å². The van der Waals surface area contributed by atoms with Gasteiger partial charge in [0.2, 0.25) is 15.9 Å². The summed E-state index contributed by atoms with van der Waals surface area (Å²) >= 11 is 0. The largest absolute Gasteiger partial charge is 0.339 e. The summed E-state index contributed by atoms with van der Waals surface area (Å²) < 4.78 is 26.9. The van der Waals surface area contributed by atoms with Crippen LogP contribution in [-0.2, 0) is 14.8 Å². The van der Waals surface area contributed by atoms with Crippen LogP contribution in [0.5, 0.6) is 0 Å². The molecule has 0 aliphatic carbocycles. The zero-order valence-corrected chi connectivity index (χ0v) is 13.6. The molecule has 122 valence electrons. The summed E-state index contributed by atoms with van der Waals surface area (Å²) in [5.41, 5.74) is 0. The number of amides is 1. The van der Waals surface area contributed by atoms with Crippen molar-refractivity contribution in [2.24, 2.45) is 0 Å². The van der Waals surface area contributed by atoms with Crippen LogP contribution in [0.2, 0.25) is 0 Å². The van der Waals surface area contributed by atoms with Gasteiger partial charge in [0.25, 0.3) is 0 Å². The molecule has 2 saturated heterocycles. The maximum atomic E-state index is 12.8. The van der Waals surface area contributed by atoms with Gasteiger partial charge in [-0.15, -0.1) is 0 Å². The van der Waals surface area contributed by atoms with E-state index in [2.05, 4.69) is 5.10 Å². The standard InChI is InChI=1S/C14H22N4O3S/c1-22(20,21)18-10-3-6-13(18)14(19)16-8-2-5-12(11-16)17-9-4-7-15-17/h4,7,9,12-13H,2-3,5-6,8,10-11H2,1H3/t12-,13+/m0/s1. The fraction of sp³-hybridized carbons (Fsp3) is 0.714. The number of sulfonamides is 1. The summed E-state index contributed by atoms with van der Waals surface area (Å²) in [6, 6.07) is 1.54. The molecule has 2 aliphatic rings. The normalized spacial score (nSPS) is 27.2. The van der Waals surface area contributed by atoms with Gasteiger partial charge in [0.15, 0.2) is 0 Å². The minimum atomic E-state index is -3.32. The molecule has 7 nitrogen and oxygen atoms in total. The Hall–Kier alpha value is -1.41. The lowest BCUT2D eigenvalue weighted by Gasteiger charge is -2.35. The van der Waals surface area contributed by atoms with Gasteiger partial charge in [-0.2, -0.15) is 9.40 Å². The van der Waals surface area contributed by atoms with Crippen LogP contribution in [0.1, 0.15) is 31.7 Å². The monoisotopic (exact) mass is 326 g/mol. The topological polar surface area (TPSA) is 75.5 Å². The SMILES string of the molecule is CS(=O)(=O)N1CCC[C@@H]1C(=O)N1CCC[C@H](n2cccn2)C1. The number of carbonyl (C=O) groups excluding carboxylic acids is 1. The molecule has 3 rings (SSSR count). The molecule has 1 aromatic rings. The zero-order valence-electron chi connectivity index (χ0n) is 12.8. The highest BCUT2D eigenvalue weighted by atomic mass is 32.2. The Morgan fingerprint density at radius 3 is 2.68 bits per heavy atom. The smallest absolute Gasteiger partial charge is 0.241 e. The number of hydrogen-bond donors (Lipinski definition) is 0. The third-order valence-corrected chi connectivity index (χ3v) is 5.81. The Kier molecular flexibility index (Phi) is 4.22. The molecule has 0 bridgehead atoms. The average molecular weight is 326 g/mol. The molecule has 22 heavy (non-hydrogen) atoms. The van der Waals surface area contributed by atoms with Crippen molar-refractivity contribution in [3.8, 4) is 0 Å². The molecular weight excluding hydrogens is 304 g/mol. The first-order valence-electron chi connectivity index (χ1n) is 7.71. The number of rotatable bonds is 3. The Balaban J connectivity index is 1.72. The van der Waals surface area contributed by atoms with Gasteiger partial charge in [-0.05, 0) is 31.7 Å². The lowest BCUT2D eigenvalue weighted by molar-refractivity contribution is -0.136. The lowest BCUT2D eigenvalue weighted by atomic mass is 10.0. The van der Waals surface area contributed by atoms with Crippen molar-refractivity contribution in [2.45, 2.75) is 37.8 Å². The van der Waals surface area contributed by atoms with Gasteiger partial charge < -0.3 is 4.90 Å². The quantitative estimate of drug-likeness (QED) is 0.809. The molecule has 2 atom stereocenters. The second kappa shape index (κ2) is 6.00. The molecule has 3 heterocycles. The summed E-state index contributed by atoms with van der Waals surface area (Å²) in [6.45, 7) is 1.75. The second-order valence-electron chi connectivity index (χ2n) is 6.10. The highest BCUT2D eigenvalue weighted by Gasteiger charge is 2.39. The van der Waals surface area contributed by atoms with E-state index in [1.165, 1.54) is 10.6 Å². The molecule has 0 N–H and O–H groups in total. The molecule has 2 aliphatic heterocycles. The Labute approximate surface area is 130 Å². The van der Waals surface area contributed by atoms with Gasteiger partial charge in [-0.25, -0.2) is 8.42 Å². The number of likely N-dealkylation sites (tertiary alicyclic amines) is 1. The second-order valence-corrected chi connectivity index (χ2v) is 8.03. The summed E-state index contributed by atoms with van der Waals surface area (Å²) in [7, 11) is -3.32. The first-order chi connectivity index (χ1) is 10.5. The molecule has 0 radical (unpaired) electrons. The fourth-order valence-corrected chi connectivity index (χ4v) is 4.58. The number of aromatic nitrogens is 2. The van der Waals surface area contributed by atoms with E-state index in [4.69, 9.17) is 0 Å².